The molecule has 17 heavy (non-hydrogen) atoms. The van der Waals surface area contributed by atoms with Gasteiger partial charge in [-0.1, -0.05) is 11.6 Å². The Labute approximate surface area is 105 Å². The lowest BCUT2D eigenvalue weighted by molar-refractivity contribution is -0.0179. The second-order valence-corrected chi connectivity index (χ2v) is 5.32. The summed E-state index contributed by atoms with van der Waals surface area (Å²) in [6.45, 7) is 5.13. The smallest absolute Gasteiger partial charge is 0.0826 e. The number of rotatable bonds is 5. The molecule has 2 rings (SSSR count). The molecule has 0 radical (unpaired) electrons. The van der Waals surface area contributed by atoms with Crippen molar-refractivity contribution in [1.29, 1.82) is 0 Å². The van der Waals surface area contributed by atoms with E-state index in [1.807, 2.05) is 0 Å². The van der Waals surface area contributed by atoms with E-state index in [2.05, 4.69) is 23.3 Å². The summed E-state index contributed by atoms with van der Waals surface area (Å²) in [5.41, 5.74) is 1.66. The summed E-state index contributed by atoms with van der Waals surface area (Å²) < 4.78 is 5.72. The van der Waals surface area contributed by atoms with Crippen LogP contribution in [0.4, 0.5) is 0 Å². The number of hydrogen-bond donors (Lipinski definition) is 1. The maximum atomic E-state index is 5.72. The van der Waals surface area contributed by atoms with Crippen molar-refractivity contribution in [3.63, 3.8) is 0 Å². The van der Waals surface area contributed by atoms with Gasteiger partial charge in [-0.3, -0.25) is 0 Å². The van der Waals surface area contributed by atoms with Crippen LogP contribution in [0.3, 0.4) is 0 Å². The zero-order chi connectivity index (χ0) is 11.9. The number of nitrogens with zero attached hydrogens (tertiary/aromatic N) is 1. The van der Waals surface area contributed by atoms with Gasteiger partial charge in [-0.05, 0) is 45.7 Å². The summed E-state index contributed by atoms with van der Waals surface area (Å²) in [4.78, 5) is 2.35. The Bertz CT molecular complexity index is 253. The van der Waals surface area contributed by atoms with Crippen molar-refractivity contribution in [3.8, 4) is 0 Å². The SMILES string of the molecule is CN1CCOC(CNCCC2=CCCCC2)C1. The Kier molecular flexibility index (Phi) is 5.49. The highest BCUT2D eigenvalue weighted by Crippen LogP contribution is 2.19. The van der Waals surface area contributed by atoms with E-state index in [0.717, 1.165) is 32.8 Å². The van der Waals surface area contributed by atoms with Gasteiger partial charge in [0.25, 0.3) is 0 Å². The van der Waals surface area contributed by atoms with E-state index in [-0.39, 0.29) is 0 Å². The molecule has 3 nitrogen and oxygen atoms in total. The summed E-state index contributed by atoms with van der Waals surface area (Å²) in [5.74, 6) is 0. The zero-order valence-electron chi connectivity index (χ0n) is 11.1. The van der Waals surface area contributed by atoms with Crippen LogP contribution in [0, 0.1) is 0 Å². The Morgan fingerprint density at radius 3 is 3.18 bits per heavy atom. The average Bonchev–Trinajstić information content (AvgIpc) is 2.36. The molecule has 0 amide bonds. The van der Waals surface area contributed by atoms with Crippen molar-refractivity contribution in [2.24, 2.45) is 0 Å². The highest BCUT2D eigenvalue weighted by Gasteiger charge is 2.16. The van der Waals surface area contributed by atoms with Crippen LogP contribution in [0.25, 0.3) is 0 Å². The van der Waals surface area contributed by atoms with Crippen LogP contribution in [0.5, 0.6) is 0 Å². The third kappa shape index (κ3) is 4.78. The lowest BCUT2D eigenvalue weighted by Crippen LogP contribution is -2.45. The van der Waals surface area contributed by atoms with Gasteiger partial charge in [0.15, 0.2) is 0 Å². The van der Waals surface area contributed by atoms with E-state index < -0.39 is 0 Å². The Hall–Kier alpha value is -0.380. The van der Waals surface area contributed by atoms with Gasteiger partial charge >= 0.3 is 0 Å². The second kappa shape index (κ2) is 7.14. The predicted octanol–water partition coefficient (Wildman–Crippen LogP) is 1.80. The van der Waals surface area contributed by atoms with Gasteiger partial charge in [0.1, 0.15) is 0 Å². The lowest BCUT2D eigenvalue weighted by atomic mass is 9.97. The standard InChI is InChI=1S/C14H26N2O/c1-16-9-10-17-14(12-16)11-15-8-7-13-5-3-2-4-6-13/h5,14-15H,2-4,6-12H2,1H3. The molecule has 0 bridgehead atoms. The molecule has 1 unspecified atom stereocenters. The Balaban J connectivity index is 1.55. The van der Waals surface area contributed by atoms with Crippen molar-refractivity contribution >= 4 is 0 Å². The molecule has 1 N–H and O–H groups in total. The third-order valence-electron chi connectivity index (χ3n) is 3.72. The molecular weight excluding hydrogens is 212 g/mol. The minimum absolute atomic E-state index is 0.383. The maximum absolute atomic E-state index is 5.72. The molecule has 1 heterocycles. The molecular formula is C14H26N2O. The molecule has 98 valence electrons. The number of ether oxygens (including phenoxy) is 1. The minimum atomic E-state index is 0.383. The molecule has 0 spiro atoms. The summed E-state index contributed by atoms with van der Waals surface area (Å²) in [6.07, 6.45) is 9.45. The Morgan fingerprint density at radius 2 is 2.41 bits per heavy atom. The topological polar surface area (TPSA) is 24.5 Å². The van der Waals surface area contributed by atoms with Crippen LogP contribution in [0.15, 0.2) is 11.6 Å². The van der Waals surface area contributed by atoms with Crippen molar-refractivity contribution in [1.82, 2.24) is 10.2 Å². The first kappa shape index (κ1) is 13.1. The summed E-state index contributed by atoms with van der Waals surface area (Å²) in [5, 5.41) is 3.53. The van der Waals surface area contributed by atoms with Crippen molar-refractivity contribution in [3.05, 3.63) is 11.6 Å². The van der Waals surface area contributed by atoms with Crippen molar-refractivity contribution < 1.29 is 4.74 Å². The zero-order valence-corrected chi connectivity index (χ0v) is 11.1. The number of likely N-dealkylation sites (N-methyl/N-ethyl adjacent to an activating group) is 1. The largest absolute Gasteiger partial charge is 0.374 e. The highest BCUT2D eigenvalue weighted by molar-refractivity contribution is 5.05. The summed E-state index contributed by atoms with van der Waals surface area (Å²) >= 11 is 0. The fourth-order valence-electron chi connectivity index (χ4n) is 2.63. The van der Waals surface area contributed by atoms with Gasteiger partial charge in [0, 0.05) is 19.6 Å². The molecule has 3 heteroatoms. The number of hydrogen-bond acceptors (Lipinski definition) is 3. The van der Waals surface area contributed by atoms with E-state index in [0.29, 0.717) is 6.10 Å². The molecule has 1 fully saturated rings. The number of nitrogens with one attached hydrogen (secondary N) is 1. The van der Waals surface area contributed by atoms with E-state index in [4.69, 9.17) is 4.74 Å². The third-order valence-corrected chi connectivity index (χ3v) is 3.72. The van der Waals surface area contributed by atoms with Crippen molar-refractivity contribution in [2.75, 3.05) is 39.8 Å². The maximum Gasteiger partial charge on any atom is 0.0826 e. The number of allylic oxidation sites excluding steroid dienone is 1. The first-order chi connectivity index (χ1) is 8.34. The first-order valence-electron chi connectivity index (χ1n) is 7.03. The van der Waals surface area contributed by atoms with Gasteiger partial charge in [-0.15, -0.1) is 0 Å². The van der Waals surface area contributed by atoms with Gasteiger partial charge in [-0.2, -0.15) is 0 Å². The van der Waals surface area contributed by atoms with Gasteiger partial charge in [0.2, 0.25) is 0 Å². The molecule has 0 aromatic rings. The van der Waals surface area contributed by atoms with E-state index >= 15 is 0 Å². The van der Waals surface area contributed by atoms with Gasteiger partial charge < -0.3 is 15.0 Å². The van der Waals surface area contributed by atoms with Crippen LogP contribution in [0.2, 0.25) is 0 Å². The molecule has 0 aromatic heterocycles. The number of morpholine rings is 1. The summed E-state index contributed by atoms with van der Waals surface area (Å²) in [7, 11) is 2.17. The Morgan fingerprint density at radius 1 is 1.47 bits per heavy atom. The van der Waals surface area contributed by atoms with Crippen molar-refractivity contribution in [2.45, 2.75) is 38.2 Å². The van der Waals surface area contributed by atoms with E-state index in [1.54, 1.807) is 5.57 Å². The molecule has 1 atom stereocenters. The van der Waals surface area contributed by atoms with Crippen LogP contribution >= 0.6 is 0 Å². The fraction of sp³-hybridized carbons (Fsp3) is 0.857. The first-order valence-corrected chi connectivity index (χ1v) is 7.03. The van der Waals surface area contributed by atoms with Gasteiger partial charge in [-0.25, -0.2) is 0 Å². The second-order valence-electron chi connectivity index (χ2n) is 5.32. The van der Waals surface area contributed by atoms with Crippen LogP contribution in [-0.2, 0) is 4.74 Å². The molecule has 1 saturated heterocycles. The van der Waals surface area contributed by atoms with Gasteiger partial charge in [0.05, 0.1) is 12.7 Å². The summed E-state index contributed by atoms with van der Waals surface area (Å²) in [6, 6.07) is 0. The molecule has 1 aliphatic carbocycles. The molecule has 0 saturated carbocycles. The quantitative estimate of drug-likeness (QED) is 0.584. The van der Waals surface area contributed by atoms with E-state index in [1.165, 1.54) is 32.1 Å². The predicted molar refractivity (Wildman–Crippen MR) is 71.3 cm³/mol. The van der Waals surface area contributed by atoms with Crippen LogP contribution < -0.4 is 5.32 Å². The minimum Gasteiger partial charge on any atom is -0.374 e. The van der Waals surface area contributed by atoms with Crippen LogP contribution in [0.1, 0.15) is 32.1 Å². The van der Waals surface area contributed by atoms with E-state index in [9.17, 15) is 0 Å². The average molecular weight is 238 g/mol. The molecule has 0 aromatic carbocycles. The molecule has 2 aliphatic rings. The fourth-order valence-corrected chi connectivity index (χ4v) is 2.63. The normalized spacial score (nSPS) is 26.9. The highest BCUT2D eigenvalue weighted by atomic mass is 16.5. The van der Waals surface area contributed by atoms with Crippen LogP contribution in [-0.4, -0.2) is 50.8 Å². The molecule has 1 aliphatic heterocycles. The lowest BCUT2D eigenvalue weighted by Gasteiger charge is -2.30. The monoisotopic (exact) mass is 238 g/mol.